The van der Waals surface area contributed by atoms with Crippen LogP contribution in [0, 0.1) is 0 Å². The number of hydrogen-bond acceptors (Lipinski definition) is 2. The molecule has 0 bridgehead atoms. The number of aryl methyl sites for hydroxylation is 1. The summed E-state index contributed by atoms with van der Waals surface area (Å²) in [6.07, 6.45) is 8.39. The molecule has 0 radical (unpaired) electrons. The summed E-state index contributed by atoms with van der Waals surface area (Å²) < 4.78 is 4.23. The molecule has 1 aliphatic rings. The molecule has 4 heteroatoms. The average molecular weight is 360 g/mol. The summed E-state index contributed by atoms with van der Waals surface area (Å²) in [5.74, 6) is 1.23. The van der Waals surface area contributed by atoms with E-state index in [1.54, 1.807) is 0 Å². The van der Waals surface area contributed by atoms with Gasteiger partial charge in [0.2, 0.25) is 11.5 Å². The van der Waals surface area contributed by atoms with Crippen LogP contribution in [-0.2, 0) is 12.5 Å². The normalized spacial score (nSPS) is 18.3. The van der Waals surface area contributed by atoms with Crippen molar-refractivity contribution in [3.8, 4) is 11.4 Å². The number of pyridine rings is 1. The Kier molecular flexibility index (Phi) is 4.42. The molecule has 0 spiro atoms. The van der Waals surface area contributed by atoms with Gasteiger partial charge >= 0.3 is 0 Å². The molecule has 4 nitrogen and oxygen atoms in total. The number of Topliss-reactive ketones (excluding diaryl/α,β-unsaturated/α-hetero) is 1. The van der Waals surface area contributed by atoms with Crippen molar-refractivity contribution in [3.63, 3.8) is 0 Å². The maximum absolute atomic E-state index is 12.5. The number of nitrogens with zero attached hydrogens (tertiary/aromatic N) is 3. The predicted molar refractivity (Wildman–Crippen MR) is 106 cm³/mol. The Bertz CT molecular complexity index is 991. The van der Waals surface area contributed by atoms with E-state index in [9.17, 15) is 4.79 Å². The van der Waals surface area contributed by atoms with E-state index in [1.165, 1.54) is 11.1 Å². The van der Waals surface area contributed by atoms with E-state index in [0.29, 0.717) is 6.42 Å². The van der Waals surface area contributed by atoms with Gasteiger partial charge in [-0.05, 0) is 23.5 Å². The lowest BCUT2D eigenvalue weighted by Crippen LogP contribution is -2.41. The molecule has 3 aromatic rings. The number of aromatic nitrogens is 3. The van der Waals surface area contributed by atoms with Gasteiger partial charge in [0.25, 0.3) is 0 Å². The Balaban J connectivity index is 1.75. The molecule has 1 aliphatic heterocycles. The molecule has 2 atom stereocenters. The van der Waals surface area contributed by atoms with E-state index in [-0.39, 0.29) is 17.2 Å². The van der Waals surface area contributed by atoms with E-state index < -0.39 is 0 Å². The minimum absolute atomic E-state index is 0.0437. The first kappa shape index (κ1) is 17.7. The number of carbonyl (C=O) groups is 1. The molecular weight excluding hydrogens is 334 g/mol. The van der Waals surface area contributed by atoms with Crippen LogP contribution in [0.5, 0.6) is 0 Å². The fourth-order valence-electron chi connectivity index (χ4n) is 4.39. The summed E-state index contributed by atoms with van der Waals surface area (Å²) in [6, 6.07) is 14.7. The van der Waals surface area contributed by atoms with E-state index in [4.69, 9.17) is 0 Å². The van der Waals surface area contributed by atoms with Crippen LogP contribution in [0.25, 0.3) is 11.4 Å². The zero-order chi connectivity index (χ0) is 19.0. The van der Waals surface area contributed by atoms with E-state index in [0.717, 1.165) is 24.4 Å². The van der Waals surface area contributed by atoms with Gasteiger partial charge in [-0.15, -0.1) is 0 Å². The zero-order valence-corrected chi connectivity index (χ0v) is 16.2. The average Bonchev–Trinajstić information content (AvgIpc) is 3.25. The third-order valence-electron chi connectivity index (χ3n) is 6.10. The van der Waals surface area contributed by atoms with Crippen LogP contribution in [0.1, 0.15) is 55.2 Å². The number of ketones is 1. The number of imidazole rings is 1. The molecule has 1 aromatic carbocycles. The molecule has 0 N–H and O–H groups in total. The minimum atomic E-state index is -0.0437. The monoisotopic (exact) mass is 360 g/mol. The molecule has 4 rings (SSSR count). The second kappa shape index (κ2) is 6.76. The van der Waals surface area contributed by atoms with Crippen molar-refractivity contribution in [2.24, 2.45) is 7.05 Å². The van der Waals surface area contributed by atoms with Crippen molar-refractivity contribution in [1.29, 1.82) is 0 Å². The summed E-state index contributed by atoms with van der Waals surface area (Å²) in [5, 5.41) is 0. The second-order valence-corrected chi connectivity index (χ2v) is 7.80. The number of rotatable bonds is 5. The van der Waals surface area contributed by atoms with Crippen LogP contribution in [0.15, 0.2) is 61.1 Å². The van der Waals surface area contributed by atoms with Gasteiger partial charge in [-0.2, -0.15) is 4.57 Å². The molecule has 138 valence electrons. The Morgan fingerprint density at radius 2 is 2.00 bits per heavy atom. The maximum atomic E-state index is 12.5. The van der Waals surface area contributed by atoms with Gasteiger partial charge in [0.05, 0.1) is 6.42 Å². The van der Waals surface area contributed by atoms with Gasteiger partial charge < -0.3 is 4.57 Å². The molecule has 1 unspecified atom stereocenters. The second-order valence-electron chi connectivity index (χ2n) is 7.80. The van der Waals surface area contributed by atoms with Gasteiger partial charge in [-0.25, -0.2) is 4.98 Å². The fraction of sp³-hybridized carbons (Fsp3) is 0.348. The lowest BCUT2D eigenvalue weighted by atomic mass is 9.73. The molecule has 0 fully saturated rings. The van der Waals surface area contributed by atoms with Crippen molar-refractivity contribution in [1.82, 2.24) is 9.55 Å². The number of fused-ring (bicyclic) bond motifs is 1. The van der Waals surface area contributed by atoms with Gasteiger partial charge in [0.15, 0.2) is 12.2 Å². The largest absolute Gasteiger partial charge is 0.334 e. The molecule has 3 heterocycles. The first-order valence-corrected chi connectivity index (χ1v) is 9.64. The summed E-state index contributed by atoms with van der Waals surface area (Å²) >= 11 is 0. The molecule has 0 saturated heterocycles. The molecule has 0 amide bonds. The van der Waals surface area contributed by atoms with Gasteiger partial charge in [0, 0.05) is 43.6 Å². The van der Waals surface area contributed by atoms with E-state index in [1.807, 2.05) is 43.8 Å². The molecular formula is C23H26N3O+. The fourth-order valence-corrected chi connectivity index (χ4v) is 4.39. The van der Waals surface area contributed by atoms with Crippen LogP contribution >= 0.6 is 0 Å². The highest BCUT2D eigenvalue weighted by Crippen LogP contribution is 2.41. The minimum Gasteiger partial charge on any atom is -0.334 e. The van der Waals surface area contributed by atoms with Crippen molar-refractivity contribution in [3.05, 3.63) is 72.3 Å². The number of benzene rings is 1. The first-order valence-electron chi connectivity index (χ1n) is 9.64. The topological polar surface area (TPSA) is 38.8 Å². The Morgan fingerprint density at radius 1 is 1.22 bits per heavy atom. The molecule has 0 saturated carbocycles. The summed E-state index contributed by atoms with van der Waals surface area (Å²) in [4.78, 5) is 17.0. The van der Waals surface area contributed by atoms with Crippen LogP contribution < -0.4 is 4.57 Å². The predicted octanol–water partition coefficient (Wildman–Crippen LogP) is 4.26. The summed E-state index contributed by atoms with van der Waals surface area (Å²) in [5.41, 5.74) is 3.27. The Hall–Kier alpha value is -2.75. The van der Waals surface area contributed by atoms with Gasteiger partial charge in [-0.1, -0.05) is 38.1 Å². The maximum Gasteiger partial charge on any atom is 0.249 e. The van der Waals surface area contributed by atoms with Crippen molar-refractivity contribution >= 4 is 5.78 Å². The van der Waals surface area contributed by atoms with Gasteiger partial charge in [-0.3, -0.25) is 4.79 Å². The summed E-state index contributed by atoms with van der Waals surface area (Å²) in [7, 11) is 2.03. The van der Waals surface area contributed by atoms with E-state index in [2.05, 4.69) is 52.2 Å². The van der Waals surface area contributed by atoms with Crippen molar-refractivity contribution in [2.75, 3.05) is 0 Å². The SMILES string of the molecule is CCC(C)(C[C@H]1CC(=O)c2cccc[n+]21)c1ccccc1-c1nccn1C. The van der Waals surface area contributed by atoms with Crippen LogP contribution in [0.4, 0.5) is 0 Å². The quantitative estimate of drug-likeness (QED) is 0.638. The highest BCUT2D eigenvalue weighted by Gasteiger charge is 2.42. The van der Waals surface area contributed by atoms with Crippen LogP contribution in [-0.4, -0.2) is 15.3 Å². The summed E-state index contributed by atoms with van der Waals surface area (Å²) in [6.45, 7) is 4.56. The highest BCUT2D eigenvalue weighted by molar-refractivity contribution is 5.94. The Morgan fingerprint density at radius 3 is 2.74 bits per heavy atom. The van der Waals surface area contributed by atoms with E-state index >= 15 is 0 Å². The Labute approximate surface area is 160 Å². The van der Waals surface area contributed by atoms with Crippen molar-refractivity contribution < 1.29 is 9.36 Å². The molecule has 2 aromatic heterocycles. The third kappa shape index (κ3) is 2.99. The van der Waals surface area contributed by atoms with Crippen LogP contribution in [0.3, 0.4) is 0 Å². The number of hydrogen-bond donors (Lipinski definition) is 0. The van der Waals surface area contributed by atoms with Crippen molar-refractivity contribution in [2.45, 2.75) is 44.6 Å². The first-order chi connectivity index (χ1) is 13.0. The third-order valence-corrected chi connectivity index (χ3v) is 6.10. The standard InChI is InChI=1S/C23H26N3O/c1-4-23(2,16-17-15-21(27)20-11-7-8-13-26(17)20)19-10-6-5-9-18(19)22-24-12-14-25(22)3/h5-14,17H,4,15-16H2,1-3H3/q+1/t17-,23?/m1/s1. The molecule has 0 aliphatic carbocycles. The zero-order valence-electron chi connectivity index (χ0n) is 16.2. The number of carbonyl (C=O) groups excluding carboxylic acids is 1. The highest BCUT2D eigenvalue weighted by atomic mass is 16.1. The lowest BCUT2D eigenvalue weighted by molar-refractivity contribution is -0.717. The smallest absolute Gasteiger partial charge is 0.249 e. The molecule has 27 heavy (non-hydrogen) atoms. The lowest BCUT2D eigenvalue weighted by Gasteiger charge is -2.31. The van der Waals surface area contributed by atoms with Crippen LogP contribution in [0.2, 0.25) is 0 Å². The van der Waals surface area contributed by atoms with Gasteiger partial charge in [0.1, 0.15) is 5.82 Å².